The fourth-order valence-electron chi connectivity index (χ4n) is 1.57. The molecule has 0 amide bonds. The number of thiophene rings is 1. The summed E-state index contributed by atoms with van der Waals surface area (Å²) < 4.78 is 50.8. The summed E-state index contributed by atoms with van der Waals surface area (Å²) in [7, 11) is -6.84. The Balaban J connectivity index is 2.57. The van der Waals surface area contributed by atoms with Gasteiger partial charge in [-0.1, -0.05) is 19.4 Å². The van der Waals surface area contributed by atoms with E-state index in [2.05, 4.69) is 4.72 Å². The van der Waals surface area contributed by atoms with Crippen molar-refractivity contribution in [3.05, 3.63) is 17.5 Å². The summed E-state index contributed by atoms with van der Waals surface area (Å²) in [5.41, 5.74) is 0. The second-order valence-electron chi connectivity index (χ2n) is 4.35. The zero-order valence-corrected chi connectivity index (χ0v) is 14.0. The van der Waals surface area contributed by atoms with E-state index in [4.69, 9.17) is 0 Å². The molecule has 1 rings (SSSR count). The molecule has 0 saturated heterocycles. The Labute approximate surface area is 124 Å². The van der Waals surface area contributed by atoms with Crippen LogP contribution in [-0.4, -0.2) is 47.0 Å². The third kappa shape index (κ3) is 5.49. The first-order valence-corrected chi connectivity index (χ1v) is 10.5. The topological polar surface area (TPSA) is 83.6 Å². The molecule has 0 aliphatic heterocycles. The molecule has 0 unspecified atom stereocenters. The van der Waals surface area contributed by atoms with Crippen molar-refractivity contribution < 1.29 is 16.8 Å². The summed E-state index contributed by atoms with van der Waals surface area (Å²) >= 11 is 1.13. The normalized spacial score (nSPS) is 12.9. The molecule has 0 bridgehead atoms. The van der Waals surface area contributed by atoms with Crippen molar-refractivity contribution >= 4 is 31.4 Å². The van der Waals surface area contributed by atoms with Crippen molar-refractivity contribution in [3.63, 3.8) is 0 Å². The molecule has 0 spiro atoms. The molecule has 1 heterocycles. The van der Waals surface area contributed by atoms with Gasteiger partial charge in [-0.15, -0.1) is 11.3 Å². The number of unbranched alkanes of at least 4 members (excludes halogenated alkanes) is 1. The molecule has 0 aliphatic rings. The van der Waals surface area contributed by atoms with E-state index >= 15 is 0 Å². The van der Waals surface area contributed by atoms with Gasteiger partial charge < -0.3 is 0 Å². The average Bonchev–Trinajstić information content (AvgIpc) is 2.86. The van der Waals surface area contributed by atoms with E-state index in [-0.39, 0.29) is 17.3 Å². The Morgan fingerprint density at radius 1 is 1.25 bits per heavy atom. The van der Waals surface area contributed by atoms with Crippen molar-refractivity contribution in [1.29, 1.82) is 0 Å². The zero-order valence-electron chi connectivity index (χ0n) is 11.6. The van der Waals surface area contributed by atoms with Gasteiger partial charge in [0.15, 0.2) is 0 Å². The Morgan fingerprint density at radius 2 is 1.95 bits per heavy atom. The van der Waals surface area contributed by atoms with Gasteiger partial charge in [-0.2, -0.15) is 0 Å². The van der Waals surface area contributed by atoms with Crippen molar-refractivity contribution in [1.82, 2.24) is 9.03 Å². The summed E-state index contributed by atoms with van der Waals surface area (Å²) in [4.78, 5) is 0. The lowest BCUT2D eigenvalue weighted by Crippen LogP contribution is -2.38. The lowest BCUT2D eigenvalue weighted by atomic mass is 10.3. The van der Waals surface area contributed by atoms with E-state index in [0.29, 0.717) is 6.54 Å². The van der Waals surface area contributed by atoms with E-state index in [9.17, 15) is 16.8 Å². The van der Waals surface area contributed by atoms with Crippen molar-refractivity contribution in [2.24, 2.45) is 0 Å². The summed E-state index contributed by atoms with van der Waals surface area (Å²) in [6, 6.07) is 3.17. The van der Waals surface area contributed by atoms with Gasteiger partial charge in [-0.25, -0.2) is 25.9 Å². The molecule has 6 nitrogen and oxygen atoms in total. The maximum Gasteiger partial charge on any atom is 0.250 e. The van der Waals surface area contributed by atoms with Gasteiger partial charge in [-0.05, 0) is 17.9 Å². The number of rotatable bonds is 9. The van der Waals surface area contributed by atoms with Crippen molar-refractivity contribution in [2.75, 3.05) is 25.9 Å². The summed E-state index contributed by atoms with van der Waals surface area (Å²) in [5, 5.41) is 1.68. The third-order valence-corrected chi connectivity index (χ3v) is 6.80. The maximum atomic E-state index is 11.9. The molecular weight excluding hydrogens is 320 g/mol. The van der Waals surface area contributed by atoms with Crippen molar-refractivity contribution in [2.45, 2.75) is 24.0 Å². The van der Waals surface area contributed by atoms with Crippen LogP contribution in [0.3, 0.4) is 0 Å². The molecule has 1 aromatic heterocycles. The Kier molecular flexibility index (Phi) is 6.59. The van der Waals surface area contributed by atoms with Crippen molar-refractivity contribution in [3.8, 4) is 0 Å². The second-order valence-corrected chi connectivity index (χ2v) is 9.27. The van der Waals surface area contributed by atoms with Gasteiger partial charge in [0.1, 0.15) is 4.21 Å². The quantitative estimate of drug-likeness (QED) is 0.729. The highest BCUT2D eigenvalue weighted by molar-refractivity contribution is 7.91. The van der Waals surface area contributed by atoms with E-state index < -0.39 is 20.0 Å². The second kappa shape index (κ2) is 7.51. The van der Waals surface area contributed by atoms with Gasteiger partial charge >= 0.3 is 0 Å². The highest BCUT2D eigenvalue weighted by Gasteiger charge is 2.18. The maximum absolute atomic E-state index is 11.9. The molecule has 9 heteroatoms. The summed E-state index contributed by atoms with van der Waals surface area (Å²) in [6.07, 6.45) is 2.77. The summed E-state index contributed by atoms with van der Waals surface area (Å²) in [6.45, 7) is 2.59. The van der Waals surface area contributed by atoms with E-state index in [1.165, 1.54) is 10.4 Å². The predicted octanol–water partition coefficient (Wildman–Crippen LogP) is 1.09. The highest BCUT2D eigenvalue weighted by atomic mass is 32.2. The van der Waals surface area contributed by atoms with Gasteiger partial charge in [0.05, 0.1) is 6.26 Å². The number of hydrogen-bond acceptors (Lipinski definition) is 5. The molecule has 0 atom stereocenters. The number of hydrogen-bond donors (Lipinski definition) is 1. The average molecular weight is 340 g/mol. The number of sulfonamides is 2. The molecule has 0 radical (unpaired) electrons. The standard InChI is InChI=1S/C11H20N2O4S3/c1-3-4-8-13(19(2,14)15)9-7-12-20(16,17)11-6-5-10-18-11/h5-6,10,12H,3-4,7-9H2,1-2H3. The predicted molar refractivity (Wildman–Crippen MR) is 80.8 cm³/mol. The fraction of sp³-hybridized carbons (Fsp3) is 0.636. The Hall–Kier alpha value is -0.480. The van der Waals surface area contributed by atoms with Crippen LogP contribution in [-0.2, 0) is 20.0 Å². The molecular formula is C11H20N2O4S3. The van der Waals surface area contributed by atoms with E-state index in [0.717, 1.165) is 30.4 Å². The van der Waals surface area contributed by atoms with Crippen LogP contribution < -0.4 is 4.72 Å². The molecule has 0 saturated carbocycles. The number of nitrogens with one attached hydrogen (secondary N) is 1. The van der Waals surface area contributed by atoms with Crippen LogP contribution in [0.4, 0.5) is 0 Å². The van der Waals surface area contributed by atoms with Gasteiger partial charge in [-0.3, -0.25) is 0 Å². The SMILES string of the molecule is CCCCN(CCNS(=O)(=O)c1cccs1)S(C)(=O)=O. The summed E-state index contributed by atoms with van der Waals surface area (Å²) in [5.74, 6) is 0. The van der Waals surface area contributed by atoms with E-state index in [1.807, 2.05) is 6.92 Å². The van der Waals surface area contributed by atoms with Gasteiger partial charge in [0.25, 0.3) is 0 Å². The molecule has 1 aromatic rings. The lowest BCUT2D eigenvalue weighted by molar-refractivity contribution is 0.408. The molecule has 0 fully saturated rings. The Bertz CT molecular complexity index is 594. The van der Waals surface area contributed by atoms with Crippen LogP contribution in [0.2, 0.25) is 0 Å². The lowest BCUT2D eigenvalue weighted by Gasteiger charge is -2.19. The van der Waals surface area contributed by atoms with E-state index in [1.54, 1.807) is 11.4 Å². The first-order valence-electron chi connectivity index (χ1n) is 6.25. The van der Waals surface area contributed by atoms with Gasteiger partial charge in [0.2, 0.25) is 20.0 Å². The van der Waals surface area contributed by atoms with Crippen LogP contribution in [0, 0.1) is 0 Å². The minimum absolute atomic E-state index is 0.0665. The largest absolute Gasteiger partial charge is 0.250 e. The van der Waals surface area contributed by atoms with Crippen LogP contribution in [0.25, 0.3) is 0 Å². The minimum Gasteiger partial charge on any atom is -0.213 e. The molecule has 116 valence electrons. The fourth-order valence-corrected chi connectivity index (χ4v) is 4.51. The van der Waals surface area contributed by atoms with Crippen LogP contribution >= 0.6 is 11.3 Å². The zero-order chi connectivity index (χ0) is 15.2. The third-order valence-electron chi connectivity index (χ3n) is 2.64. The molecule has 1 N–H and O–H groups in total. The first-order chi connectivity index (χ1) is 9.27. The minimum atomic E-state index is -3.53. The van der Waals surface area contributed by atoms with Gasteiger partial charge in [0, 0.05) is 19.6 Å². The molecule has 0 aromatic carbocycles. The van der Waals surface area contributed by atoms with Crippen LogP contribution in [0.15, 0.2) is 21.7 Å². The smallest absolute Gasteiger partial charge is 0.213 e. The number of nitrogens with zero attached hydrogens (tertiary/aromatic N) is 1. The van der Waals surface area contributed by atoms with Crippen LogP contribution in [0.5, 0.6) is 0 Å². The molecule has 0 aliphatic carbocycles. The van der Waals surface area contributed by atoms with Crippen LogP contribution in [0.1, 0.15) is 19.8 Å². The monoisotopic (exact) mass is 340 g/mol. The Morgan fingerprint density at radius 3 is 2.45 bits per heavy atom. The highest BCUT2D eigenvalue weighted by Crippen LogP contribution is 2.15. The molecule has 20 heavy (non-hydrogen) atoms. The first kappa shape index (κ1) is 17.6.